The highest BCUT2D eigenvalue weighted by Crippen LogP contribution is 2.42. The number of aliphatic carboxylic acids is 1. The van der Waals surface area contributed by atoms with E-state index in [0.29, 0.717) is 10.7 Å². The van der Waals surface area contributed by atoms with Crippen LogP contribution in [-0.2, 0) is 37.7 Å². The Bertz CT molecular complexity index is 2160. The number of aromatic nitrogens is 2. The van der Waals surface area contributed by atoms with Crippen LogP contribution < -0.4 is 20.3 Å². The molecule has 280 valence electrons. The topological polar surface area (TPSA) is 140 Å². The van der Waals surface area contributed by atoms with E-state index in [2.05, 4.69) is 25.6 Å². The van der Waals surface area contributed by atoms with Crippen molar-refractivity contribution in [3.05, 3.63) is 160 Å². The molecule has 1 saturated heterocycles. The number of amides is 2. The summed E-state index contributed by atoms with van der Waals surface area (Å²) >= 11 is 2.39. The average Bonchev–Trinajstić information content (AvgIpc) is 3.67. The number of hydrogen-bond acceptors (Lipinski definition) is 10. The third kappa shape index (κ3) is 7.57. The van der Waals surface area contributed by atoms with Crippen LogP contribution in [0.1, 0.15) is 34.9 Å². The van der Waals surface area contributed by atoms with Crippen molar-refractivity contribution in [3.63, 3.8) is 0 Å². The highest BCUT2D eigenvalue weighted by atomic mass is 32.2. The normalized spacial score (nSPS) is 17.1. The molecule has 2 N–H and O–H groups in total. The van der Waals surface area contributed by atoms with Gasteiger partial charge in [0.25, 0.3) is 11.8 Å². The zero-order valence-corrected chi connectivity index (χ0v) is 30.9. The van der Waals surface area contributed by atoms with Gasteiger partial charge in [-0.05, 0) is 29.2 Å². The van der Waals surface area contributed by atoms with Crippen LogP contribution in [0.25, 0.3) is 0 Å². The molecule has 11 nitrogen and oxygen atoms in total. The minimum atomic E-state index is -3.35. The fourth-order valence-electron chi connectivity index (χ4n) is 6.79. The summed E-state index contributed by atoms with van der Waals surface area (Å²) in [5.74, 6) is -2.97. The highest BCUT2D eigenvalue weighted by molar-refractivity contribution is 8.00. The third-order valence-electron chi connectivity index (χ3n) is 9.33. The number of rotatable bonds is 14. The molecule has 0 spiro atoms. The SMILES string of the molecule is CCc1ccc[n+](CC2=C(C(=O)[O-])N3C(=O)C(NC(=O)C(=NOC(F)F)c4csc(NC(c5ccccc5)(c5ccccc5)c5ccccc5)n4)[C@H]3SC2)c1. The zero-order chi connectivity index (χ0) is 38.5. The Morgan fingerprint density at radius 3 is 2.18 bits per heavy atom. The van der Waals surface area contributed by atoms with Gasteiger partial charge in [-0.15, -0.1) is 23.1 Å². The number of pyridine rings is 1. The largest absolute Gasteiger partial charge is 0.543 e. The molecule has 55 heavy (non-hydrogen) atoms. The molecule has 3 aromatic carbocycles. The van der Waals surface area contributed by atoms with Crippen molar-refractivity contribution >= 4 is 51.7 Å². The number of carboxylic acid groups (broad SMARTS) is 1. The lowest BCUT2D eigenvalue weighted by Crippen LogP contribution is -2.71. The monoisotopic (exact) mass is 780 g/mol. The van der Waals surface area contributed by atoms with Crippen LogP contribution in [0.15, 0.2) is 137 Å². The van der Waals surface area contributed by atoms with E-state index in [4.69, 9.17) is 0 Å². The van der Waals surface area contributed by atoms with Crippen molar-refractivity contribution in [2.45, 2.75) is 43.5 Å². The predicted octanol–water partition coefficient (Wildman–Crippen LogP) is 4.44. The molecule has 2 aliphatic rings. The van der Waals surface area contributed by atoms with E-state index in [1.165, 1.54) is 17.1 Å². The minimum Gasteiger partial charge on any atom is -0.543 e. The lowest BCUT2D eigenvalue weighted by atomic mass is 9.77. The Morgan fingerprint density at radius 1 is 1.00 bits per heavy atom. The van der Waals surface area contributed by atoms with E-state index >= 15 is 0 Å². The molecule has 15 heteroatoms. The minimum absolute atomic E-state index is 0.0856. The number of carbonyl (C=O) groups excluding carboxylic acids is 3. The first-order chi connectivity index (χ1) is 26.7. The van der Waals surface area contributed by atoms with E-state index in [9.17, 15) is 28.3 Å². The molecule has 5 aromatic rings. The number of thioether (sulfide) groups is 1. The van der Waals surface area contributed by atoms with Gasteiger partial charge in [0.05, 0.1) is 11.7 Å². The lowest BCUT2D eigenvalue weighted by Gasteiger charge is -2.50. The number of halogens is 2. The quantitative estimate of drug-likeness (QED) is 0.0555. The second-order valence-electron chi connectivity index (χ2n) is 12.7. The van der Waals surface area contributed by atoms with E-state index in [0.717, 1.165) is 44.9 Å². The predicted molar refractivity (Wildman–Crippen MR) is 202 cm³/mol. The van der Waals surface area contributed by atoms with Crippen LogP contribution in [0.2, 0.25) is 0 Å². The van der Waals surface area contributed by atoms with Crippen molar-refractivity contribution < 1.29 is 37.7 Å². The standard InChI is InChI=1S/C40H34F2N6O5S2/c1-2-25-13-12-20-47(21-25)22-26-23-54-36-32(35(50)48(36)33(26)37(51)52)44-34(49)31(46-53-38(41)42)30-24-55-39(43-30)45-40(27-14-6-3-7-15-27,28-16-8-4-9-17-28)29-18-10-5-11-19-29/h3-21,24,32,36,38H,2,22-23H2,1H3,(H2-,43,44,45,49,51,52)/t32?,36-/m1/s1. The number of thiazole rings is 1. The Balaban J connectivity index is 1.16. The van der Waals surface area contributed by atoms with Crippen LogP contribution in [0, 0.1) is 0 Å². The summed E-state index contributed by atoms with van der Waals surface area (Å²) < 4.78 is 28.5. The van der Waals surface area contributed by atoms with Crippen LogP contribution in [0.4, 0.5) is 13.9 Å². The number of nitrogens with one attached hydrogen (secondary N) is 2. The summed E-state index contributed by atoms with van der Waals surface area (Å²) in [6, 6.07) is 31.8. The van der Waals surface area contributed by atoms with Crippen molar-refractivity contribution in [2.75, 3.05) is 11.1 Å². The first-order valence-electron chi connectivity index (χ1n) is 17.3. The van der Waals surface area contributed by atoms with Gasteiger partial charge in [-0.25, -0.2) is 9.55 Å². The summed E-state index contributed by atoms with van der Waals surface area (Å²) in [6.45, 7) is -1.12. The highest BCUT2D eigenvalue weighted by Gasteiger charge is 2.53. The maximum absolute atomic E-state index is 13.8. The summed E-state index contributed by atoms with van der Waals surface area (Å²) in [5.41, 5.74) is 2.29. The van der Waals surface area contributed by atoms with Gasteiger partial charge in [-0.2, -0.15) is 8.78 Å². The maximum atomic E-state index is 13.8. The smallest absolute Gasteiger partial charge is 0.407 e. The average molecular weight is 781 g/mol. The molecule has 0 bridgehead atoms. The summed E-state index contributed by atoms with van der Waals surface area (Å²) in [6.07, 6.45) is 4.51. The van der Waals surface area contributed by atoms with Crippen molar-refractivity contribution in [3.8, 4) is 0 Å². The van der Waals surface area contributed by atoms with Crippen molar-refractivity contribution in [2.24, 2.45) is 5.16 Å². The molecule has 0 saturated carbocycles. The molecular weight excluding hydrogens is 747 g/mol. The van der Waals surface area contributed by atoms with Crippen molar-refractivity contribution in [1.82, 2.24) is 15.2 Å². The van der Waals surface area contributed by atoms with E-state index in [1.54, 1.807) is 0 Å². The van der Waals surface area contributed by atoms with Gasteiger partial charge in [-0.1, -0.05) is 103 Å². The summed E-state index contributed by atoms with van der Waals surface area (Å²) in [5, 5.41) is 23.0. The second-order valence-corrected chi connectivity index (χ2v) is 14.6. The third-order valence-corrected chi connectivity index (χ3v) is 11.4. The fourth-order valence-corrected chi connectivity index (χ4v) is 8.87. The zero-order valence-electron chi connectivity index (χ0n) is 29.3. The number of carbonyl (C=O) groups is 3. The van der Waals surface area contributed by atoms with Gasteiger partial charge in [-0.3, -0.25) is 14.5 Å². The van der Waals surface area contributed by atoms with Gasteiger partial charge < -0.3 is 25.4 Å². The van der Waals surface area contributed by atoms with Crippen molar-refractivity contribution in [1.29, 1.82) is 0 Å². The number of aryl methyl sites for hydroxylation is 1. The Labute approximate surface area is 323 Å². The number of nitrogens with zero attached hydrogens (tertiary/aromatic N) is 4. The molecule has 1 fully saturated rings. The van der Waals surface area contributed by atoms with E-state index < -0.39 is 47.1 Å². The van der Waals surface area contributed by atoms with Gasteiger partial charge in [0.1, 0.15) is 22.6 Å². The summed E-state index contributed by atoms with van der Waals surface area (Å²) in [7, 11) is 0. The number of β-lactam (4-membered cyclic amide) rings is 1. The molecule has 4 heterocycles. The fraction of sp³-hybridized carbons (Fsp3) is 0.200. The molecule has 0 radical (unpaired) electrons. The van der Waals surface area contributed by atoms with Gasteiger partial charge in [0.2, 0.25) is 0 Å². The maximum Gasteiger partial charge on any atom is 0.407 e. The Kier molecular flexibility index (Phi) is 11.0. The molecule has 2 atom stereocenters. The number of hydrogen-bond donors (Lipinski definition) is 2. The van der Waals surface area contributed by atoms with Crippen LogP contribution in [0.3, 0.4) is 0 Å². The van der Waals surface area contributed by atoms with Crippen LogP contribution in [0.5, 0.6) is 0 Å². The number of anilines is 1. The van der Waals surface area contributed by atoms with Gasteiger partial charge in [0, 0.05) is 28.3 Å². The van der Waals surface area contributed by atoms with Gasteiger partial charge >= 0.3 is 6.61 Å². The molecule has 2 aromatic heterocycles. The number of benzene rings is 3. The molecule has 7 rings (SSSR count). The summed E-state index contributed by atoms with van der Waals surface area (Å²) in [4.78, 5) is 49.6. The Hall–Kier alpha value is -5.93. The van der Waals surface area contributed by atoms with Crippen LogP contribution >= 0.6 is 23.1 Å². The van der Waals surface area contributed by atoms with Crippen LogP contribution in [-0.4, -0.2) is 57.2 Å². The molecule has 2 amide bonds. The lowest BCUT2D eigenvalue weighted by molar-refractivity contribution is -0.689. The number of fused-ring (bicyclic) bond motifs is 1. The number of alkyl halides is 2. The molecule has 0 aliphatic carbocycles. The first kappa shape index (κ1) is 37.4. The first-order valence-corrected chi connectivity index (χ1v) is 19.2. The molecule has 2 aliphatic heterocycles. The van der Waals surface area contributed by atoms with E-state index in [1.807, 2.05) is 127 Å². The number of oxime groups is 1. The van der Waals surface area contributed by atoms with Gasteiger partial charge in [0.15, 0.2) is 29.8 Å². The molecular formula is C40H34F2N6O5S2. The Morgan fingerprint density at radius 2 is 1.62 bits per heavy atom. The molecule has 1 unspecified atom stereocenters. The van der Waals surface area contributed by atoms with E-state index in [-0.39, 0.29) is 23.7 Å². The number of carboxylic acids is 1. The second kappa shape index (κ2) is 16.2.